The SMILES string of the molecule is O=C(O)C1=C/C(=C/C=NCCc2cccc(O)c2)C[C@@H](C(=O)O)N1. The number of carboxylic acids is 2. The minimum Gasteiger partial charge on any atom is -0.508 e. The third-order valence-electron chi connectivity index (χ3n) is 3.46. The maximum Gasteiger partial charge on any atom is 0.351 e. The Labute approximate surface area is 138 Å². The fourth-order valence-corrected chi connectivity index (χ4v) is 2.28. The van der Waals surface area contributed by atoms with Gasteiger partial charge in [-0.25, -0.2) is 9.59 Å². The number of nitrogens with one attached hydrogen (secondary N) is 1. The van der Waals surface area contributed by atoms with Gasteiger partial charge in [0.1, 0.15) is 17.5 Å². The lowest BCUT2D eigenvalue weighted by Crippen LogP contribution is -2.41. The number of hydrogen-bond donors (Lipinski definition) is 4. The zero-order valence-corrected chi connectivity index (χ0v) is 12.8. The van der Waals surface area contributed by atoms with E-state index < -0.39 is 18.0 Å². The van der Waals surface area contributed by atoms with Crippen LogP contribution >= 0.6 is 0 Å². The molecular weight excluding hydrogens is 312 g/mol. The summed E-state index contributed by atoms with van der Waals surface area (Å²) < 4.78 is 0. The molecule has 0 fully saturated rings. The van der Waals surface area contributed by atoms with Crippen molar-refractivity contribution in [1.29, 1.82) is 0 Å². The van der Waals surface area contributed by atoms with Gasteiger partial charge in [-0.05, 0) is 41.8 Å². The monoisotopic (exact) mass is 330 g/mol. The standard InChI is InChI=1S/C17H18N2O5/c20-13-3-1-2-11(8-13)4-6-18-7-5-12-9-14(16(21)22)19-15(10-12)17(23)24/h1-3,5,7-9,15,19-20H,4,6,10H2,(H,21,22)(H,23,24)/b12-5-,18-7?/t15-/m0/s1. The number of aromatic hydroxyl groups is 1. The molecule has 1 aromatic rings. The first kappa shape index (κ1) is 17.3. The van der Waals surface area contributed by atoms with Gasteiger partial charge in [0, 0.05) is 19.2 Å². The lowest BCUT2D eigenvalue weighted by Gasteiger charge is -2.21. The first-order chi connectivity index (χ1) is 11.5. The molecule has 24 heavy (non-hydrogen) atoms. The molecule has 0 saturated heterocycles. The highest BCUT2D eigenvalue weighted by atomic mass is 16.4. The van der Waals surface area contributed by atoms with Crippen LogP contribution in [0.3, 0.4) is 0 Å². The fourth-order valence-electron chi connectivity index (χ4n) is 2.28. The summed E-state index contributed by atoms with van der Waals surface area (Å²) >= 11 is 0. The number of carbonyl (C=O) groups is 2. The molecule has 0 amide bonds. The summed E-state index contributed by atoms with van der Waals surface area (Å²) in [6, 6.07) is 5.95. The van der Waals surface area contributed by atoms with Crippen LogP contribution in [0.5, 0.6) is 5.75 Å². The Balaban J connectivity index is 1.97. The summed E-state index contributed by atoms with van der Waals surface area (Å²) in [6.45, 7) is 0.503. The maximum atomic E-state index is 11.1. The molecule has 1 aromatic carbocycles. The van der Waals surface area contributed by atoms with Gasteiger partial charge in [-0.1, -0.05) is 12.1 Å². The van der Waals surface area contributed by atoms with E-state index in [4.69, 9.17) is 10.2 Å². The Bertz CT molecular complexity index is 721. The van der Waals surface area contributed by atoms with Crippen LogP contribution in [0, 0.1) is 0 Å². The number of aliphatic imine (C=N–C) groups is 1. The van der Waals surface area contributed by atoms with Crippen molar-refractivity contribution in [1.82, 2.24) is 5.32 Å². The van der Waals surface area contributed by atoms with Gasteiger partial charge in [0.05, 0.1) is 0 Å². The highest BCUT2D eigenvalue weighted by Crippen LogP contribution is 2.16. The molecule has 0 spiro atoms. The highest BCUT2D eigenvalue weighted by molar-refractivity contribution is 5.89. The molecule has 0 aromatic heterocycles. The average Bonchev–Trinajstić information content (AvgIpc) is 2.54. The molecule has 2 rings (SSSR count). The van der Waals surface area contributed by atoms with Gasteiger partial charge < -0.3 is 20.6 Å². The van der Waals surface area contributed by atoms with E-state index in [1.165, 1.54) is 6.08 Å². The van der Waals surface area contributed by atoms with Gasteiger partial charge in [-0.15, -0.1) is 0 Å². The number of nitrogens with zero attached hydrogens (tertiary/aromatic N) is 1. The molecule has 7 nitrogen and oxygen atoms in total. The van der Waals surface area contributed by atoms with E-state index in [0.717, 1.165) is 5.56 Å². The molecule has 1 aliphatic heterocycles. The van der Waals surface area contributed by atoms with Crippen molar-refractivity contribution in [3.05, 3.63) is 53.3 Å². The molecule has 7 heteroatoms. The van der Waals surface area contributed by atoms with E-state index in [-0.39, 0.29) is 17.9 Å². The molecule has 0 radical (unpaired) electrons. The molecular formula is C17H18N2O5. The number of hydrogen-bond acceptors (Lipinski definition) is 5. The van der Waals surface area contributed by atoms with Crippen LogP contribution in [0.25, 0.3) is 0 Å². The van der Waals surface area contributed by atoms with Crippen molar-refractivity contribution in [3.8, 4) is 5.75 Å². The Hall–Kier alpha value is -3.09. The maximum absolute atomic E-state index is 11.1. The van der Waals surface area contributed by atoms with Crippen LogP contribution in [0.1, 0.15) is 12.0 Å². The number of benzene rings is 1. The van der Waals surface area contributed by atoms with E-state index in [0.29, 0.717) is 18.5 Å². The van der Waals surface area contributed by atoms with Gasteiger partial charge >= 0.3 is 11.9 Å². The second-order valence-electron chi connectivity index (χ2n) is 5.32. The van der Waals surface area contributed by atoms with Gasteiger partial charge in [0.25, 0.3) is 0 Å². The zero-order valence-electron chi connectivity index (χ0n) is 12.8. The second-order valence-corrected chi connectivity index (χ2v) is 5.32. The Morgan fingerprint density at radius 2 is 2.12 bits per heavy atom. The number of phenolic OH excluding ortho intramolecular Hbond substituents is 1. The van der Waals surface area contributed by atoms with Crippen LogP contribution in [-0.4, -0.2) is 46.1 Å². The first-order valence-corrected chi connectivity index (χ1v) is 7.37. The number of phenols is 1. The first-order valence-electron chi connectivity index (χ1n) is 7.37. The number of aliphatic carboxylic acids is 2. The summed E-state index contributed by atoms with van der Waals surface area (Å²) in [7, 11) is 0. The molecule has 1 heterocycles. The molecule has 0 saturated carbocycles. The number of allylic oxidation sites excluding steroid dienone is 2. The van der Waals surface area contributed by atoms with E-state index in [1.54, 1.807) is 30.5 Å². The smallest absolute Gasteiger partial charge is 0.351 e. The lowest BCUT2D eigenvalue weighted by atomic mass is 10.00. The summed E-state index contributed by atoms with van der Waals surface area (Å²) in [5.41, 5.74) is 1.40. The van der Waals surface area contributed by atoms with E-state index in [9.17, 15) is 14.7 Å². The molecule has 4 N–H and O–H groups in total. The van der Waals surface area contributed by atoms with Crippen molar-refractivity contribution >= 4 is 18.2 Å². The van der Waals surface area contributed by atoms with Gasteiger partial charge in [0.2, 0.25) is 0 Å². The van der Waals surface area contributed by atoms with Crippen molar-refractivity contribution in [2.24, 2.45) is 4.99 Å². The Morgan fingerprint density at radius 1 is 1.33 bits per heavy atom. The van der Waals surface area contributed by atoms with Gasteiger partial charge in [0.15, 0.2) is 0 Å². The van der Waals surface area contributed by atoms with Crippen molar-refractivity contribution in [2.45, 2.75) is 18.9 Å². The van der Waals surface area contributed by atoms with E-state index >= 15 is 0 Å². The minimum atomic E-state index is -1.20. The minimum absolute atomic E-state index is 0.145. The van der Waals surface area contributed by atoms with Crippen LogP contribution in [0.4, 0.5) is 0 Å². The number of carboxylic acid groups (broad SMARTS) is 2. The summed E-state index contributed by atoms with van der Waals surface area (Å²) in [6.07, 6.45) is 5.40. The highest BCUT2D eigenvalue weighted by Gasteiger charge is 2.26. The normalized spacial score (nSPS) is 19.1. The molecule has 1 atom stereocenters. The molecule has 126 valence electrons. The third kappa shape index (κ3) is 4.98. The predicted octanol–water partition coefficient (Wildman–Crippen LogP) is 1.35. The largest absolute Gasteiger partial charge is 0.508 e. The van der Waals surface area contributed by atoms with Crippen LogP contribution in [0.15, 0.2) is 52.7 Å². The van der Waals surface area contributed by atoms with Crippen molar-refractivity contribution in [3.63, 3.8) is 0 Å². The van der Waals surface area contributed by atoms with Crippen LogP contribution in [0.2, 0.25) is 0 Å². The molecule has 0 aliphatic carbocycles. The molecule has 1 aliphatic rings. The Morgan fingerprint density at radius 3 is 2.79 bits per heavy atom. The second kappa shape index (κ2) is 7.96. The quantitative estimate of drug-likeness (QED) is 0.585. The Kier molecular flexibility index (Phi) is 5.73. The van der Waals surface area contributed by atoms with Crippen molar-refractivity contribution in [2.75, 3.05) is 6.54 Å². The van der Waals surface area contributed by atoms with Crippen LogP contribution < -0.4 is 5.32 Å². The number of rotatable bonds is 6. The van der Waals surface area contributed by atoms with E-state index in [2.05, 4.69) is 10.3 Å². The third-order valence-corrected chi connectivity index (χ3v) is 3.46. The molecule has 0 unspecified atom stereocenters. The van der Waals surface area contributed by atoms with E-state index in [1.807, 2.05) is 6.07 Å². The summed E-state index contributed by atoms with van der Waals surface area (Å²) in [5, 5.41) is 29.9. The lowest BCUT2D eigenvalue weighted by molar-refractivity contribution is -0.139. The average molecular weight is 330 g/mol. The fraction of sp³-hybridized carbons (Fsp3) is 0.235. The summed E-state index contributed by atoms with van der Waals surface area (Å²) in [4.78, 5) is 26.3. The molecule has 0 bridgehead atoms. The van der Waals surface area contributed by atoms with Crippen LogP contribution in [-0.2, 0) is 16.0 Å². The summed E-state index contributed by atoms with van der Waals surface area (Å²) in [5.74, 6) is -2.10. The van der Waals surface area contributed by atoms with Gasteiger partial charge in [-0.3, -0.25) is 4.99 Å². The topological polar surface area (TPSA) is 119 Å². The van der Waals surface area contributed by atoms with Gasteiger partial charge in [-0.2, -0.15) is 0 Å². The zero-order chi connectivity index (χ0) is 17.5. The van der Waals surface area contributed by atoms with Crippen molar-refractivity contribution < 1.29 is 24.9 Å². The predicted molar refractivity (Wildman–Crippen MR) is 88.1 cm³/mol.